The van der Waals surface area contributed by atoms with Gasteiger partial charge < -0.3 is 39.4 Å². The van der Waals surface area contributed by atoms with Gasteiger partial charge in [0.25, 0.3) is 0 Å². The van der Waals surface area contributed by atoms with Gasteiger partial charge in [0.2, 0.25) is 0 Å². The molecule has 430 valence electrons. The molecular formula is C64H120O9. The molecule has 6 atom stereocenters. The zero-order valence-corrected chi connectivity index (χ0v) is 47.9. The average molecular weight is 1030 g/mol. The second kappa shape index (κ2) is 55.2. The first-order valence-corrected chi connectivity index (χ1v) is 31.6. The molecule has 1 aliphatic rings. The van der Waals surface area contributed by atoms with Crippen molar-refractivity contribution in [3.8, 4) is 0 Å². The van der Waals surface area contributed by atoms with Crippen LogP contribution in [0.1, 0.15) is 303 Å². The molecule has 0 radical (unpaired) electrons. The van der Waals surface area contributed by atoms with Crippen LogP contribution in [0.2, 0.25) is 0 Å². The van der Waals surface area contributed by atoms with Gasteiger partial charge in [0.05, 0.1) is 19.8 Å². The Morgan fingerprint density at radius 1 is 0.438 bits per heavy atom. The predicted octanol–water partition coefficient (Wildman–Crippen LogP) is 17.0. The zero-order valence-electron chi connectivity index (χ0n) is 47.9. The van der Waals surface area contributed by atoms with E-state index < -0.39 is 43.4 Å². The standard InChI is InChI=1S/C64H120O9/c1-3-5-7-9-11-13-15-17-19-21-23-25-27-29-31-33-35-37-39-41-43-45-47-49-51-53-60(66)72-58(57-71-64-63(69)62(68)61(67)59(55-65)73-64)56-70-54-52-50-48-46-44-42-40-38-36-34-32-30-28-26-24-22-20-18-16-14-12-10-8-6-4-2/h15,17,21,23,27,29,58-59,61-65,67-69H,3-14,16,18-20,22,24-26,28,30-57H2,1-2H3/b17-15-,23-21-,29-27-. The zero-order chi connectivity index (χ0) is 52.8. The third-order valence-electron chi connectivity index (χ3n) is 14.8. The van der Waals surface area contributed by atoms with Gasteiger partial charge in [-0.05, 0) is 51.4 Å². The fourth-order valence-corrected chi connectivity index (χ4v) is 9.92. The lowest BCUT2D eigenvalue weighted by atomic mass is 9.99. The number of allylic oxidation sites excluding steroid dienone is 6. The number of esters is 1. The summed E-state index contributed by atoms with van der Waals surface area (Å²) < 4.78 is 23.0. The van der Waals surface area contributed by atoms with Crippen LogP contribution in [0.3, 0.4) is 0 Å². The second-order valence-corrected chi connectivity index (χ2v) is 21.9. The highest BCUT2D eigenvalue weighted by atomic mass is 16.7. The van der Waals surface area contributed by atoms with Crippen LogP contribution < -0.4 is 0 Å². The normalized spacial score (nSPS) is 18.8. The molecule has 1 rings (SSSR count). The van der Waals surface area contributed by atoms with Crippen molar-refractivity contribution in [1.82, 2.24) is 0 Å². The lowest BCUT2D eigenvalue weighted by molar-refractivity contribution is -0.305. The van der Waals surface area contributed by atoms with Crippen LogP contribution in [0.25, 0.3) is 0 Å². The Kier molecular flexibility index (Phi) is 52.5. The van der Waals surface area contributed by atoms with Crippen molar-refractivity contribution < 1.29 is 44.2 Å². The fourth-order valence-electron chi connectivity index (χ4n) is 9.92. The van der Waals surface area contributed by atoms with Crippen LogP contribution in [0, 0.1) is 0 Å². The van der Waals surface area contributed by atoms with Gasteiger partial charge in [0.1, 0.15) is 30.5 Å². The molecule has 9 heteroatoms. The maximum Gasteiger partial charge on any atom is 0.306 e. The minimum atomic E-state index is -1.54. The summed E-state index contributed by atoms with van der Waals surface area (Å²) in [6, 6.07) is 0. The van der Waals surface area contributed by atoms with Gasteiger partial charge in [-0.15, -0.1) is 0 Å². The number of rotatable bonds is 56. The summed E-state index contributed by atoms with van der Waals surface area (Å²) in [6.45, 7) is 4.61. The number of carbonyl (C=O) groups is 1. The van der Waals surface area contributed by atoms with Crippen molar-refractivity contribution in [2.24, 2.45) is 0 Å². The monoisotopic (exact) mass is 1030 g/mol. The van der Waals surface area contributed by atoms with Gasteiger partial charge in [-0.2, -0.15) is 0 Å². The van der Waals surface area contributed by atoms with Crippen LogP contribution in [0.15, 0.2) is 36.5 Å². The van der Waals surface area contributed by atoms with Gasteiger partial charge in [-0.3, -0.25) is 4.79 Å². The topological polar surface area (TPSA) is 135 Å². The molecule has 73 heavy (non-hydrogen) atoms. The van der Waals surface area contributed by atoms with E-state index in [4.69, 9.17) is 18.9 Å². The van der Waals surface area contributed by atoms with Crippen LogP contribution >= 0.6 is 0 Å². The number of unbranched alkanes of at least 4 members (excludes halogenated alkanes) is 39. The van der Waals surface area contributed by atoms with E-state index >= 15 is 0 Å². The van der Waals surface area contributed by atoms with Crippen molar-refractivity contribution in [2.45, 2.75) is 340 Å². The van der Waals surface area contributed by atoms with Crippen LogP contribution in [0.4, 0.5) is 0 Å². The summed E-state index contributed by atoms with van der Waals surface area (Å²) in [7, 11) is 0. The minimum Gasteiger partial charge on any atom is -0.457 e. The van der Waals surface area contributed by atoms with E-state index in [2.05, 4.69) is 50.3 Å². The van der Waals surface area contributed by atoms with E-state index in [1.807, 2.05) is 0 Å². The highest BCUT2D eigenvalue weighted by molar-refractivity contribution is 5.69. The van der Waals surface area contributed by atoms with Crippen molar-refractivity contribution in [3.63, 3.8) is 0 Å². The van der Waals surface area contributed by atoms with Crippen LogP contribution in [-0.4, -0.2) is 89.6 Å². The number of aliphatic hydroxyl groups is 4. The Morgan fingerprint density at radius 3 is 1.19 bits per heavy atom. The Balaban J connectivity index is 2.11. The van der Waals surface area contributed by atoms with E-state index in [0.29, 0.717) is 13.0 Å². The molecule has 0 bridgehead atoms. The Bertz CT molecular complexity index is 1220. The molecule has 0 spiro atoms. The summed E-state index contributed by atoms with van der Waals surface area (Å²) in [4.78, 5) is 12.9. The number of hydrogen-bond acceptors (Lipinski definition) is 9. The molecule has 0 saturated carbocycles. The van der Waals surface area contributed by atoms with Gasteiger partial charge in [0.15, 0.2) is 6.29 Å². The molecule has 1 fully saturated rings. The van der Waals surface area contributed by atoms with Gasteiger partial charge >= 0.3 is 5.97 Å². The van der Waals surface area contributed by atoms with Gasteiger partial charge in [-0.1, -0.05) is 281 Å². The van der Waals surface area contributed by atoms with Gasteiger partial charge in [0, 0.05) is 13.0 Å². The Hall–Kier alpha value is -1.59. The van der Waals surface area contributed by atoms with Crippen LogP contribution in [0.5, 0.6) is 0 Å². The summed E-state index contributed by atoms with van der Waals surface area (Å²) in [5.74, 6) is -0.311. The quantitative estimate of drug-likeness (QED) is 0.0267. The lowest BCUT2D eigenvalue weighted by Gasteiger charge is -2.39. The predicted molar refractivity (Wildman–Crippen MR) is 307 cm³/mol. The van der Waals surface area contributed by atoms with E-state index in [-0.39, 0.29) is 19.2 Å². The molecule has 0 aliphatic carbocycles. The number of aliphatic hydroxyl groups excluding tert-OH is 4. The molecule has 0 aromatic heterocycles. The summed E-state index contributed by atoms with van der Waals surface area (Å²) in [6.07, 6.45) is 63.5. The number of carbonyl (C=O) groups excluding carboxylic acids is 1. The van der Waals surface area contributed by atoms with Gasteiger partial charge in [-0.25, -0.2) is 0 Å². The fraction of sp³-hybridized carbons (Fsp3) is 0.891. The molecule has 1 aliphatic heterocycles. The van der Waals surface area contributed by atoms with E-state index in [1.54, 1.807) is 0 Å². The third-order valence-corrected chi connectivity index (χ3v) is 14.8. The largest absolute Gasteiger partial charge is 0.457 e. The minimum absolute atomic E-state index is 0.111. The molecule has 9 nitrogen and oxygen atoms in total. The molecular weight excluding hydrogens is 913 g/mol. The Morgan fingerprint density at radius 2 is 0.795 bits per heavy atom. The molecule has 1 heterocycles. The lowest BCUT2D eigenvalue weighted by Crippen LogP contribution is -2.59. The summed E-state index contributed by atoms with van der Waals surface area (Å²) in [5.41, 5.74) is 0. The third kappa shape index (κ3) is 45.2. The molecule has 1 saturated heterocycles. The van der Waals surface area contributed by atoms with Crippen molar-refractivity contribution in [3.05, 3.63) is 36.5 Å². The summed E-state index contributed by atoms with van der Waals surface area (Å²) >= 11 is 0. The van der Waals surface area contributed by atoms with E-state index in [1.165, 1.54) is 238 Å². The average Bonchev–Trinajstić information content (AvgIpc) is 3.39. The highest BCUT2D eigenvalue weighted by Crippen LogP contribution is 2.23. The molecule has 0 aromatic rings. The first-order valence-electron chi connectivity index (χ1n) is 31.6. The van der Waals surface area contributed by atoms with Crippen molar-refractivity contribution >= 4 is 5.97 Å². The Labute approximate surface area is 450 Å². The highest BCUT2D eigenvalue weighted by Gasteiger charge is 2.44. The second-order valence-electron chi connectivity index (χ2n) is 21.9. The molecule has 0 aromatic carbocycles. The smallest absolute Gasteiger partial charge is 0.306 e. The van der Waals surface area contributed by atoms with Crippen LogP contribution in [-0.2, 0) is 23.7 Å². The van der Waals surface area contributed by atoms with E-state index in [0.717, 1.165) is 44.9 Å². The van der Waals surface area contributed by atoms with Crippen molar-refractivity contribution in [2.75, 3.05) is 26.4 Å². The summed E-state index contributed by atoms with van der Waals surface area (Å²) in [5, 5.41) is 40.4. The first kappa shape index (κ1) is 69.4. The maximum atomic E-state index is 12.9. The maximum absolute atomic E-state index is 12.9. The molecule has 4 N–H and O–H groups in total. The first-order chi connectivity index (χ1) is 35.9. The SMILES string of the molecule is CCCCCCC/C=C\C/C=C\C/C=C\CCCCCCCCCCCCC(=O)OC(COCCCCCCCCCCCCCCCCCCCCCCCCCCC)COC1OC(CO)C(O)C(O)C1O. The molecule has 6 unspecified atom stereocenters. The molecule has 0 amide bonds. The number of hydrogen-bond donors (Lipinski definition) is 4. The van der Waals surface area contributed by atoms with Crippen molar-refractivity contribution in [1.29, 1.82) is 0 Å². The van der Waals surface area contributed by atoms with E-state index in [9.17, 15) is 25.2 Å². The number of ether oxygens (including phenoxy) is 4.